The van der Waals surface area contributed by atoms with E-state index >= 15 is 0 Å². The number of thioether (sulfide) groups is 1. The summed E-state index contributed by atoms with van der Waals surface area (Å²) in [4.78, 5) is 21.3. The van der Waals surface area contributed by atoms with Crippen LogP contribution >= 0.6 is 11.8 Å². The quantitative estimate of drug-likeness (QED) is 0.142. The van der Waals surface area contributed by atoms with Gasteiger partial charge in [0.2, 0.25) is 0 Å². The van der Waals surface area contributed by atoms with Crippen molar-refractivity contribution >= 4 is 17.7 Å². The van der Waals surface area contributed by atoms with Crippen LogP contribution in [0.5, 0.6) is 0 Å². The van der Waals surface area contributed by atoms with Crippen LogP contribution in [0.25, 0.3) is 0 Å². The number of ether oxygens (including phenoxy) is 1. The minimum Gasteiger partial charge on any atom is -0.463 e. The van der Waals surface area contributed by atoms with E-state index in [1.54, 1.807) is 11.8 Å². The molecular weight excluding hydrogens is 514 g/mol. The zero-order chi connectivity index (χ0) is 28.5. The van der Waals surface area contributed by atoms with E-state index in [1.807, 2.05) is 60.7 Å². The fourth-order valence-corrected chi connectivity index (χ4v) is 6.93. The molecule has 0 amide bonds. The van der Waals surface area contributed by atoms with Gasteiger partial charge in [-0.25, -0.2) is 4.79 Å². The van der Waals surface area contributed by atoms with Crippen molar-refractivity contribution in [2.45, 2.75) is 64.0 Å². The highest BCUT2D eigenvalue weighted by atomic mass is 32.2. The molecule has 0 unspecified atom stereocenters. The number of carbonyl (C=O) groups is 1. The molecule has 1 aliphatic rings. The van der Waals surface area contributed by atoms with Crippen molar-refractivity contribution in [1.29, 1.82) is 0 Å². The van der Waals surface area contributed by atoms with E-state index in [0.717, 1.165) is 49.6 Å². The average molecular weight is 568 g/mol. The summed E-state index contributed by atoms with van der Waals surface area (Å²) in [6.07, 6.45) is 8.11. The van der Waals surface area contributed by atoms with Crippen molar-refractivity contribution in [3.8, 4) is 0 Å². The lowest BCUT2D eigenvalue weighted by Crippen LogP contribution is -2.47. The molecule has 0 bridgehead atoms. The standard InChI is InChI=1S/C34H53N3O2S/c1-4-35(5-2)23-17-9-7-8-10-18-24-36-25-27-37(28-26-36)29-30-39-33(38)34(40-6-3,31-19-13-11-14-20-31)32-21-15-12-16-22-32/h11-16,19-22H,4-10,17-18,23-30H2,1-3H3. The van der Waals surface area contributed by atoms with Crippen molar-refractivity contribution in [3.05, 3.63) is 71.8 Å². The third-order valence-electron chi connectivity index (χ3n) is 8.21. The largest absolute Gasteiger partial charge is 0.463 e. The second kappa shape index (κ2) is 18.5. The molecule has 1 heterocycles. The molecule has 0 saturated carbocycles. The average Bonchev–Trinajstić information content (AvgIpc) is 3.00. The van der Waals surface area contributed by atoms with Gasteiger partial charge in [0.05, 0.1) is 0 Å². The molecule has 0 N–H and O–H groups in total. The molecular formula is C34H53N3O2S. The van der Waals surface area contributed by atoms with Gasteiger partial charge in [-0.3, -0.25) is 4.90 Å². The summed E-state index contributed by atoms with van der Waals surface area (Å²) in [5.41, 5.74) is 1.96. The lowest BCUT2D eigenvalue weighted by atomic mass is 9.90. The monoisotopic (exact) mass is 567 g/mol. The van der Waals surface area contributed by atoms with Crippen LogP contribution in [0.1, 0.15) is 70.4 Å². The van der Waals surface area contributed by atoms with Crippen LogP contribution in [0.15, 0.2) is 60.7 Å². The Morgan fingerprint density at radius 1 is 0.750 bits per heavy atom. The fourth-order valence-electron chi connectivity index (χ4n) is 5.71. The van der Waals surface area contributed by atoms with Crippen LogP contribution in [0.3, 0.4) is 0 Å². The van der Waals surface area contributed by atoms with E-state index in [0.29, 0.717) is 6.61 Å². The van der Waals surface area contributed by atoms with E-state index < -0.39 is 4.75 Å². The molecule has 3 rings (SSSR count). The third kappa shape index (κ3) is 9.90. The molecule has 40 heavy (non-hydrogen) atoms. The number of hydrogen-bond donors (Lipinski definition) is 0. The molecule has 6 heteroatoms. The summed E-state index contributed by atoms with van der Waals surface area (Å²) in [5, 5.41) is 0. The van der Waals surface area contributed by atoms with E-state index in [4.69, 9.17) is 4.74 Å². The highest BCUT2D eigenvalue weighted by Crippen LogP contribution is 2.44. The van der Waals surface area contributed by atoms with E-state index in [-0.39, 0.29) is 5.97 Å². The Balaban J connectivity index is 1.37. The normalized spacial score (nSPS) is 15.0. The first-order valence-corrected chi connectivity index (χ1v) is 16.7. The Morgan fingerprint density at radius 2 is 1.25 bits per heavy atom. The van der Waals surface area contributed by atoms with Gasteiger partial charge in [0.25, 0.3) is 0 Å². The lowest BCUT2D eigenvalue weighted by Gasteiger charge is -2.35. The second-order valence-corrected chi connectivity index (χ2v) is 12.3. The summed E-state index contributed by atoms with van der Waals surface area (Å²) in [7, 11) is 0. The summed E-state index contributed by atoms with van der Waals surface area (Å²) < 4.78 is 5.18. The van der Waals surface area contributed by atoms with Crippen LogP contribution in [-0.4, -0.2) is 91.9 Å². The molecule has 0 radical (unpaired) electrons. The Bertz CT molecular complexity index is 891. The topological polar surface area (TPSA) is 36.0 Å². The van der Waals surface area contributed by atoms with E-state index in [2.05, 4.69) is 35.5 Å². The summed E-state index contributed by atoms with van der Waals surface area (Å²) >= 11 is 1.65. The van der Waals surface area contributed by atoms with Gasteiger partial charge in [-0.15, -0.1) is 11.8 Å². The van der Waals surface area contributed by atoms with Crippen molar-refractivity contribution in [2.75, 3.05) is 71.3 Å². The van der Waals surface area contributed by atoms with Crippen LogP contribution in [-0.2, 0) is 14.3 Å². The van der Waals surface area contributed by atoms with Gasteiger partial charge in [-0.1, -0.05) is 107 Å². The Morgan fingerprint density at radius 3 is 1.77 bits per heavy atom. The first-order valence-electron chi connectivity index (χ1n) is 15.7. The van der Waals surface area contributed by atoms with Gasteiger partial charge < -0.3 is 14.5 Å². The minimum atomic E-state index is -0.846. The van der Waals surface area contributed by atoms with Crippen molar-refractivity contribution in [3.63, 3.8) is 0 Å². The Kier molecular flexibility index (Phi) is 15.1. The van der Waals surface area contributed by atoms with Gasteiger partial charge in [0.15, 0.2) is 4.75 Å². The number of carbonyl (C=O) groups excluding carboxylic acids is 1. The number of unbranched alkanes of at least 4 members (excludes halogenated alkanes) is 5. The molecule has 2 aromatic carbocycles. The molecule has 0 aromatic heterocycles. The summed E-state index contributed by atoms with van der Waals surface area (Å²) in [5.74, 6) is 0.653. The minimum absolute atomic E-state index is 0.163. The predicted octanol–water partition coefficient (Wildman–Crippen LogP) is 6.53. The van der Waals surface area contributed by atoms with Crippen LogP contribution in [0.2, 0.25) is 0 Å². The predicted molar refractivity (Wildman–Crippen MR) is 171 cm³/mol. The second-order valence-electron chi connectivity index (χ2n) is 10.8. The van der Waals surface area contributed by atoms with Gasteiger partial charge in [0, 0.05) is 32.7 Å². The molecule has 0 atom stereocenters. The zero-order valence-corrected chi connectivity index (χ0v) is 26.2. The number of nitrogens with zero attached hydrogens (tertiary/aromatic N) is 3. The van der Waals surface area contributed by atoms with Crippen molar-refractivity contribution in [2.24, 2.45) is 0 Å². The molecule has 1 aliphatic heterocycles. The first kappa shape index (κ1) is 32.7. The molecule has 222 valence electrons. The van der Waals surface area contributed by atoms with Crippen LogP contribution in [0, 0.1) is 0 Å². The van der Waals surface area contributed by atoms with Crippen LogP contribution < -0.4 is 0 Å². The van der Waals surface area contributed by atoms with E-state index in [9.17, 15) is 4.79 Å². The lowest BCUT2D eigenvalue weighted by molar-refractivity contribution is -0.146. The summed E-state index contributed by atoms with van der Waals surface area (Å²) in [6, 6.07) is 20.2. The molecule has 0 aliphatic carbocycles. The number of rotatable bonds is 19. The van der Waals surface area contributed by atoms with Gasteiger partial charge >= 0.3 is 5.97 Å². The van der Waals surface area contributed by atoms with Gasteiger partial charge in [0.1, 0.15) is 6.61 Å². The highest BCUT2D eigenvalue weighted by Gasteiger charge is 2.43. The first-order chi connectivity index (χ1) is 19.6. The SMILES string of the molecule is CCSC(C(=O)OCCN1CCN(CCCCCCCCN(CC)CC)CC1)(c1ccccc1)c1ccccc1. The number of piperazine rings is 1. The molecule has 0 spiro atoms. The zero-order valence-electron chi connectivity index (χ0n) is 25.4. The third-order valence-corrected chi connectivity index (χ3v) is 9.57. The molecule has 1 saturated heterocycles. The molecule has 2 aromatic rings. The Hall–Kier alpha value is -1.86. The van der Waals surface area contributed by atoms with E-state index in [1.165, 1.54) is 64.7 Å². The highest BCUT2D eigenvalue weighted by molar-refractivity contribution is 8.01. The maximum Gasteiger partial charge on any atom is 0.331 e. The molecule has 1 fully saturated rings. The van der Waals surface area contributed by atoms with Crippen molar-refractivity contribution in [1.82, 2.24) is 14.7 Å². The maximum absolute atomic E-state index is 13.8. The fraction of sp³-hybridized carbons (Fsp3) is 0.618. The van der Waals surface area contributed by atoms with Crippen LogP contribution in [0.4, 0.5) is 0 Å². The number of esters is 1. The number of hydrogen-bond acceptors (Lipinski definition) is 6. The van der Waals surface area contributed by atoms with Gasteiger partial charge in [-0.05, 0) is 55.9 Å². The smallest absolute Gasteiger partial charge is 0.331 e. The maximum atomic E-state index is 13.8. The van der Waals surface area contributed by atoms with Gasteiger partial charge in [-0.2, -0.15) is 0 Å². The molecule has 5 nitrogen and oxygen atoms in total. The number of benzene rings is 2. The summed E-state index contributed by atoms with van der Waals surface area (Å²) in [6.45, 7) is 17.0. The Labute approximate surface area is 248 Å². The van der Waals surface area contributed by atoms with Crippen molar-refractivity contribution < 1.29 is 9.53 Å².